The summed E-state index contributed by atoms with van der Waals surface area (Å²) in [5.41, 5.74) is 2.41. The lowest BCUT2D eigenvalue weighted by Gasteiger charge is -2.26. The van der Waals surface area contributed by atoms with E-state index in [1.807, 2.05) is 36.4 Å². The van der Waals surface area contributed by atoms with Crippen LogP contribution in [-0.2, 0) is 11.3 Å². The van der Waals surface area contributed by atoms with E-state index in [2.05, 4.69) is 21.4 Å². The fourth-order valence-corrected chi connectivity index (χ4v) is 4.25. The van der Waals surface area contributed by atoms with Crippen LogP contribution in [0.1, 0.15) is 37.1 Å². The number of likely N-dealkylation sites (tertiary alicyclic amines) is 1. The molecule has 29 heavy (non-hydrogen) atoms. The van der Waals surface area contributed by atoms with Gasteiger partial charge < -0.3 is 10.2 Å². The fourth-order valence-electron chi connectivity index (χ4n) is 4.25. The Bertz CT molecular complexity index is 1090. The first-order valence-electron chi connectivity index (χ1n) is 10.5. The number of hydrogen-bond acceptors (Lipinski definition) is 4. The van der Waals surface area contributed by atoms with Gasteiger partial charge in [-0.3, -0.25) is 14.0 Å². The summed E-state index contributed by atoms with van der Waals surface area (Å²) in [6.07, 6.45) is 4.80. The highest BCUT2D eigenvalue weighted by Gasteiger charge is 2.14. The number of amides is 1. The molecule has 0 bridgehead atoms. The monoisotopic (exact) mass is 395 g/mol. The zero-order valence-corrected chi connectivity index (χ0v) is 17.3. The van der Waals surface area contributed by atoms with Crippen LogP contribution in [0.4, 0.5) is 0 Å². The zero-order chi connectivity index (χ0) is 20.4. The molecule has 2 aromatic heterocycles. The summed E-state index contributed by atoms with van der Waals surface area (Å²) >= 11 is 0. The normalized spacial score (nSPS) is 15.2. The predicted molar refractivity (Wildman–Crippen MR) is 114 cm³/mol. The Labute approximate surface area is 170 Å². The second kappa shape index (κ2) is 8.37. The Kier molecular flexibility index (Phi) is 5.67. The number of aromatic nitrogens is 3. The first-order chi connectivity index (χ1) is 14.0. The smallest absolute Gasteiger partial charge is 0.291 e. The van der Waals surface area contributed by atoms with Crippen LogP contribution in [-0.4, -0.2) is 51.2 Å². The molecule has 0 aliphatic carbocycles. The highest BCUT2D eigenvalue weighted by molar-refractivity contribution is 5.87. The lowest BCUT2D eigenvalue weighted by atomic mass is 10.1. The van der Waals surface area contributed by atoms with Crippen LogP contribution < -0.4 is 10.9 Å². The van der Waals surface area contributed by atoms with Crippen molar-refractivity contribution in [1.82, 2.24) is 24.4 Å². The van der Waals surface area contributed by atoms with Crippen molar-refractivity contribution in [2.45, 2.75) is 46.1 Å². The van der Waals surface area contributed by atoms with E-state index in [9.17, 15) is 9.59 Å². The number of aryl methyl sites for hydroxylation is 2. The van der Waals surface area contributed by atoms with E-state index in [0.29, 0.717) is 17.9 Å². The van der Waals surface area contributed by atoms with Gasteiger partial charge in [0.1, 0.15) is 17.9 Å². The third kappa shape index (κ3) is 4.19. The maximum atomic E-state index is 12.9. The van der Waals surface area contributed by atoms with Crippen molar-refractivity contribution < 1.29 is 4.79 Å². The van der Waals surface area contributed by atoms with Crippen LogP contribution in [0.5, 0.6) is 0 Å². The minimum absolute atomic E-state index is 0.0551. The largest absolute Gasteiger partial charge is 0.354 e. The number of rotatable bonds is 6. The summed E-state index contributed by atoms with van der Waals surface area (Å²) in [6.45, 7) is 7.80. The molecule has 154 valence electrons. The molecule has 3 aromatic rings. The van der Waals surface area contributed by atoms with Gasteiger partial charge in [-0.2, -0.15) is 5.10 Å². The molecule has 7 heteroatoms. The van der Waals surface area contributed by atoms with Crippen molar-refractivity contribution in [3.63, 3.8) is 0 Å². The second-order valence-corrected chi connectivity index (χ2v) is 8.04. The van der Waals surface area contributed by atoms with Crippen LogP contribution >= 0.6 is 0 Å². The first kappa shape index (κ1) is 19.6. The summed E-state index contributed by atoms with van der Waals surface area (Å²) in [6, 6.07) is 7.97. The number of nitrogens with one attached hydrogen (secondary N) is 1. The molecule has 0 saturated carbocycles. The van der Waals surface area contributed by atoms with E-state index < -0.39 is 0 Å². The molecular weight excluding hydrogens is 366 g/mol. The van der Waals surface area contributed by atoms with Gasteiger partial charge in [-0.25, -0.2) is 4.68 Å². The Morgan fingerprint density at radius 3 is 2.69 bits per heavy atom. The van der Waals surface area contributed by atoms with Crippen molar-refractivity contribution in [2.75, 3.05) is 26.2 Å². The van der Waals surface area contributed by atoms with E-state index in [-0.39, 0.29) is 18.0 Å². The minimum Gasteiger partial charge on any atom is -0.354 e. The van der Waals surface area contributed by atoms with Crippen molar-refractivity contribution in [3.05, 3.63) is 46.0 Å². The standard InChI is InChI=1S/C22H29N5O2/c1-16-7-8-19-18(13-16)14-20-22(29)26(24-17(2)27(19)20)15-21(28)23-9-6-12-25-10-4-3-5-11-25/h7-8,13-14H,3-6,9-12,15H2,1-2H3,(H,23,28). The molecule has 7 nitrogen and oxygen atoms in total. The van der Waals surface area contributed by atoms with Gasteiger partial charge in [0.15, 0.2) is 0 Å². The van der Waals surface area contributed by atoms with Gasteiger partial charge in [0.2, 0.25) is 5.91 Å². The van der Waals surface area contributed by atoms with Gasteiger partial charge in [-0.1, -0.05) is 18.1 Å². The maximum absolute atomic E-state index is 12.9. The molecule has 1 amide bonds. The summed E-state index contributed by atoms with van der Waals surface area (Å²) in [5, 5.41) is 8.32. The maximum Gasteiger partial charge on any atom is 0.291 e. The summed E-state index contributed by atoms with van der Waals surface area (Å²) < 4.78 is 3.14. The molecule has 0 unspecified atom stereocenters. The predicted octanol–water partition coefficient (Wildman–Crippen LogP) is 2.26. The Hall–Kier alpha value is -2.67. The molecule has 1 fully saturated rings. The van der Waals surface area contributed by atoms with E-state index in [1.54, 1.807) is 0 Å². The number of carbonyl (C=O) groups excluding carboxylic acids is 1. The van der Waals surface area contributed by atoms with Crippen LogP contribution in [0.2, 0.25) is 0 Å². The molecule has 0 spiro atoms. The molecule has 1 aromatic carbocycles. The quantitative estimate of drug-likeness (QED) is 0.650. The Balaban J connectivity index is 1.43. The molecule has 3 heterocycles. The molecule has 1 aliphatic heterocycles. The third-order valence-electron chi connectivity index (χ3n) is 5.71. The van der Waals surface area contributed by atoms with Gasteiger partial charge >= 0.3 is 0 Å². The molecular formula is C22H29N5O2. The number of carbonyl (C=O) groups is 1. The molecule has 0 radical (unpaired) electrons. The summed E-state index contributed by atoms with van der Waals surface area (Å²) in [5.74, 6) is 0.519. The topological polar surface area (TPSA) is 71.6 Å². The van der Waals surface area contributed by atoms with Crippen molar-refractivity contribution in [3.8, 4) is 0 Å². The van der Waals surface area contributed by atoms with Crippen molar-refractivity contribution in [1.29, 1.82) is 0 Å². The van der Waals surface area contributed by atoms with E-state index >= 15 is 0 Å². The van der Waals surface area contributed by atoms with Crippen molar-refractivity contribution >= 4 is 22.3 Å². The van der Waals surface area contributed by atoms with Gasteiger partial charge in [-0.05, 0) is 70.9 Å². The number of nitrogens with zero attached hydrogens (tertiary/aromatic N) is 4. The lowest BCUT2D eigenvalue weighted by molar-refractivity contribution is -0.121. The average molecular weight is 396 g/mol. The highest BCUT2D eigenvalue weighted by atomic mass is 16.2. The Morgan fingerprint density at radius 1 is 1.10 bits per heavy atom. The average Bonchev–Trinajstić information content (AvgIpc) is 3.09. The van der Waals surface area contributed by atoms with Crippen LogP contribution in [0.3, 0.4) is 0 Å². The van der Waals surface area contributed by atoms with Crippen molar-refractivity contribution in [2.24, 2.45) is 0 Å². The highest BCUT2D eigenvalue weighted by Crippen LogP contribution is 2.20. The third-order valence-corrected chi connectivity index (χ3v) is 5.71. The van der Waals surface area contributed by atoms with E-state index in [4.69, 9.17) is 0 Å². The first-order valence-corrected chi connectivity index (χ1v) is 10.5. The molecule has 0 atom stereocenters. The van der Waals surface area contributed by atoms with Crippen LogP contribution in [0.25, 0.3) is 16.4 Å². The van der Waals surface area contributed by atoms with E-state index in [0.717, 1.165) is 42.5 Å². The van der Waals surface area contributed by atoms with Gasteiger partial charge in [-0.15, -0.1) is 0 Å². The van der Waals surface area contributed by atoms with Gasteiger partial charge in [0, 0.05) is 11.9 Å². The number of piperidine rings is 1. The fraction of sp³-hybridized carbons (Fsp3) is 0.500. The Morgan fingerprint density at radius 2 is 1.90 bits per heavy atom. The SMILES string of the molecule is Cc1ccc2c(c1)cc1c(=O)n(CC(=O)NCCCN3CCCCC3)nc(C)n12. The molecule has 1 saturated heterocycles. The second-order valence-electron chi connectivity index (χ2n) is 8.04. The number of benzene rings is 1. The van der Waals surface area contributed by atoms with Gasteiger partial charge in [0.05, 0.1) is 5.52 Å². The number of fused-ring (bicyclic) bond motifs is 3. The lowest BCUT2D eigenvalue weighted by Crippen LogP contribution is -2.37. The van der Waals surface area contributed by atoms with E-state index in [1.165, 1.54) is 23.9 Å². The molecule has 4 rings (SSSR count). The molecule has 1 N–H and O–H groups in total. The number of hydrogen-bond donors (Lipinski definition) is 1. The minimum atomic E-state index is -0.243. The molecule has 1 aliphatic rings. The zero-order valence-electron chi connectivity index (χ0n) is 17.3. The summed E-state index contributed by atoms with van der Waals surface area (Å²) in [7, 11) is 0. The van der Waals surface area contributed by atoms with Gasteiger partial charge in [0.25, 0.3) is 5.56 Å². The van der Waals surface area contributed by atoms with Crippen LogP contribution in [0, 0.1) is 13.8 Å². The summed E-state index contributed by atoms with van der Waals surface area (Å²) in [4.78, 5) is 27.7. The van der Waals surface area contributed by atoms with Crippen LogP contribution in [0.15, 0.2) is 29.1 Å².